The van der Waals surface area contributed by atoms with Gasteiger partial charge in [0.1, 0.15) is 0 Å². The average Bonchev–Trinajstić information content (AvgIpc) is 2.70. The molecule has 1 aromatic carbocycles. The van der Waals surface area contributed by atoms with E-state index in [-0.39, 0.29) is 11.7 Å². The molecule has 0 saturated heterocycles. The lowest BCUT2D eigenvalue weighted by molar-refractivity contribution is 0.163. The van der Waals surface area contributed by atoms with Crippen LogP contribution >= 0.6 is 0 Å². The molecule has 1 aromatic heterocycles. The highest BCUT2D eigenvalue weighted by atomic mass is 16.4. The highest BCUT2D eigenvalue weighted by molar-refractivity contribution is 5.76. The maximum atomic E-state index is 11.9. The van der Waals surface area contributed by atoms with Crippen molar-refractivity contribution in [3.8, 4) is 0 Å². The van der Waals surface area contributed by atoms with Gasteiger partial charge in [-0.25, -0.2) is 9.78 Å². The van der Waals surface area contributed by atoms with E-state index in [4.69, 9.17) is 4.42 Å². The van der Waals surface area contributed by atoms with Crippen LogP contribution in [-0.4, -0.2) is 16.2 Å². The van der Waals surface area contributed by atoms with Crippen molar-refractivity contribution < 1.29 is 9.52 Å². The summed E-state index contributed by atoms with van der Waals surface area (Å²) in [6, 6.07) is 7.31. The summed E-state index contributed by atoms with van der Waals surface area (Å²) in [5.74, 6) is 0.538. The van der Waals surface area contributed by atoms with Gasteiger partial charge < -0.3 is 9.52 Å². The zero-order valence-electron chi connectivity index (χ0n) is 17.2. The topological polar surface area (TPSA) is 63.3 Å². The fourth-order valence-corrected chi connectivity index (χ4v) is 3.36. The highest BCUT2D eigenvalue weighted by Gasteiger charge is 2.05. The van der Waals surface area contributed by atoms with Gasteiger partial charge in [0.15, 0.2) is 5.89 Å². The Balaban J connectivity index is 1.53. The maximum absolute atomic E-state index is 11.9. The van der Waals surface area contributed by atoms with E-state index < -0.39 is 0 Å². The minimum absolute atomic E-state index is 0.183. The molecule has 2 aromatic rings. The standard InChI is InChI=1S/C24H35NO3/c1-2-3-4-10-15-20(26)16-11-8-6-5-7-9-12-19-23-25-22-18-14-13-17-21(22)24(27)28-23/h8,11,13-14,17-18,20,26H,2-7,9-10,12,15-16,19H2,1H3/b11-8-. The lowest BCUT2D eigenvalue weighted by Crippen LogP contribution is -2.05. The SMILES string of the molecule is CCCCCCC(O)C/C=C\CCCCCCc1nc2ccccc2c(=O)o1. The summed E-state index contributed by atoms with van der Waals surface area (Å²) < 4.78 is 5.31. The van der Waals surface area contributed by atoms with Crippen LogP contribution in [0.3, 0.4) is 0 Å². The quantitative estimate of drug-likeness (QED) is 0.322. The third-order valence-corrected chi connectivity index (χ3v) is 5.06. The molecule has 4 heteroatoms. The summed E-state index contributed by atoms with van der Waals surface area (Å²) in [5, 5.41) is 10.5. The summed E-state index contributed by atoms with van der Waals surface area (Å²) in [7, 11) is 0. The van der Waals surface area contributed by atoms with Crippen LogP contribution in [0.5, 0.6) is 0 Å². The van der Waals surface area contributed by atoms with Crippen molar-refractivity contribution in [3.63, 3.8) is 0 Å². The smallest absolute Gasteiger partial charge is 0.346 e. The Morgan fingerprint density at radius 1 is 1.04 bits per heavy atom. The first-order valence-electron chi connectivity index (χ1n) is 10.9. The zero-order chi connectivity index (χ0) is 20.0. The largest absolute Gasteiger partial charge is 0.408 e. The number of para-hydroxylation sites is 1. The van der Waals surface area contributed by atoms with Gasteiger partial charge in [-0.1, -0.05) is 69.7 Å². The van der Waals surface area contributed by atoms with Gasteiger partial charge in [0.2, 0.25) is 0 Å². The van der Waals surface area contributed by atoms with Crippen molar-refractivity contribution in [1.29, 1.82) is 0 Å². The Labute approximate surface area is 168 Å². The van der Waals surface area contributed by atoms with Gasteiger partial charge in [0.25, 0.3) is 0 Å². The van der Waals surface area contributed by atoms with Gasteiger partial charge in [-0.3, -0.25) is 0 Å². The lowest BCUT2D eigenvalue weighted by Gasteiger charge is -2.07. The Morgan fingerprint density at radius 2 is 1.82 bits per heavy atom. The van der Waals surface area contributed by atoms with Crippen LogP contribution in [-0.2, 0) is 6.42 Å². The Morgan fingerprint density at radius 3 is 2.68 bits per heavy atom. The molecule has 0 fully saturated rings. The lowest BCUT2D eigenvalue weighted by atomic mass is 10.1. The summed E-state index contributed by atoms with van der Waals surface area (Å²) in [4.78, 5) is 16.4. The molecular formula is C24H35NO3. The normalized spacial score (nSPS) is 12.8. The van der Waals surface area contributed by atoms with Crippen LogP contribution in [0.2, 0.25) is 0 Å². The average molecular weight is 386 g/mol. The molecule has 0 saturated carbocycles. The maximum Gasteiger partial charge on any atom is 0.346 e. The Bertz CT molecular complexity index is 766. The van der Waals surface area contributed by atoms with Crippen LogP contribution in [0.15, 0.2) is 45.6 Å². The number of aromatic nitrogens is 1. The van der Waals surface area contributed by atoms with Crippen molar-refractivity contribution in [2.24, 2.45) is 0 Å². The van der Waals surface area contributed by atoms with Gasteiger partial charge in [-0.05, 0) is 44.2 Å². The summed E-state index contributed by atoms with van der Waals surface area (Å²) in [6.07, 6.45) is 16.9. The van der Waals surface area contributed by atoms with Crippen LogP contribution < -0.4 is 5.63 Å². The van der Waals surface area contributed by atoms with Gasteiger partial charge >= 0.3 is 5.63 Å². The number of benzene rings is 1. The van der Waals surface area contributed by atoms with E-state index in [1.807, 2.05) is 18.2 Å². The number of fused-ring (bicyclic) bond motifs is 1. The molecule has 0 aliphatic heterocycles. The number of rotatable bonds is 14. The van der Waals surface area contributed by atoms with Crippen molar-refractivity contribution in [3.05, 3.63) is 52.7 Å². The number of aryl methyl sites for hydroxylation is 1. The van der Waals surface area contributed by atoms with E-state index in [1.54, 1.807) is 6.07 Å². The van der Waals surface area contributed by atoms with Crippen molar-refractivity contribution in [2.75, 3.05) is 0 Å². The number of unbranched alkanes of at least 4 members (excludes halogenated alkanes) is 7. The molecule has 0 bridgehead atoms. The molecule has 1 atom stereocenters. The second-order valence-corrected chi connectivity index (χ2v) is 7.58. The molecule has 4 nitrogen and oxygen atoms in total. The van der Waals surface area contributed by atoms with E-state index in [0.717, 1.165) is 51.4 Å². The number of aliphatic hydroxyl groups is 1. The first-order valence-corrected chi connectivity index (χ1v) is 10.9. The number of hydrogen-bond acceptors (Lipinski definition) is 4. The van der Waals surface area contributed by atoms with Gasteiger partial charge in [0, 0.05) is 6.42 Å². The molecule has 0 aliphatic carbocycles. The number of nitrogens with zero attached hydrogens (tertiary/aromatic N) is 1. The van der Waals surface area contributed by atoms with E-state index in [9.17, 15) is 9.90 Å². The van der Waals surface area contributed by atoms with Crippen LogP contribution in [0.1, 0.15) is 83.4 Å². The van der Waals surface area contributed by atoms with Gasteiger partial charge in [-0.15, -0.1) is 0 Å². The minimum Gasteiger partial charge on any atom is -0.408 e. The molecule has 0 spiro atoms. The predicted molar refractivity (Wildman–Crippen MR) is 116 cm³/mol. The second kappa shape index (κ2) is 13.3. The Hall–Kier alpha value is -1.94. The Kier molecular flexibility index (Phi) is 10.6. The third kappa shape index (κ3) is 8.39. The van der Waals surface area contributed by atoms with Gasteiger partial charge in [0.05, 0.1) is 17.0 Å². The number of hydrogen-bond donors (Lipinski definition) is 1. The number of aliphatic hydroxyl groups excluding tert-OH is 1. The summed E-state index contributed by atoms with van der Waals surface area (Å²) >= 11 is 0. The molecule has 28 heavy (non-hydrogen) atoms. The van der Waals surface area contributed by atoms with Crippen molar-refractivity contribution in [1.82, 2.24) is 4.98 Å². The highest BCUT2D eigenvalue weighted by Crippen LogP contribution is 2.12. The molecule has 2 rings (SSSR count). The van der Waals surface area contributed by atoms with Crippen LogP contribution in [0, 0.1) is 0 Å². The summed E-state index contributed by atoms with van der Waals surface area (Å²) in [6.45, 7) is 2.21. The first-order chi connectivity index (χ1) is 13.7. The molecular weight excluding hydrogens is 350 g/mol. The first kappa shape index (κ1) is 22.4. The fourth-order valence-electron chi connectivity index (χ4n) is 3.36. The van der Waals surface area contributed by atoms with Crippen LogP contribution in [0.25, 0.3) is 10.9 Å². The third-order valence-electron chi connectivity index (χ3n) is 5.06. The van der Waals surface area contributed by atoms with E-state index in [1.165, 1.54) is 19.3 Å². The van der Waals surface area contributed by atoms with Gasteiger partial charge in [-0.2, -0.15) is 0 Å². The predicted octanol–water partition coefficient (Wildman–Crippen LogP) is 5.96. The molecule has 154 valence electrons. The molecule has 1 unspecified atom stereocenters. The zero-order valence-corrected chi connectivity index (χ0v) is 17.2. The monoisotopic (exact) mass is 385 g/mol. The second-order valence-electron chi connectivity index (χ2n) is 7.58. The molecule has 0 amide bonds. The fraction of sp³-hybridized carbons (Fsp3) is 0.583. The van der Waals surface area contributed by atoms with E-state index >= 15 is 0 Å². The van der Waals surface area contributed by atoms with Crippen molar-refractivity contribution >= 4 is 10.9 Å². The minimum atomic E-state index is -0.293. The molecule has 1 N–H and O–H groups in total. The summed E-state index contributed by atoms with van der Waals surface area (Å²) in [5.41, 5.74) is 0.421. The van der Waals surface area contributed by atoms with E-state index in [2.05, 4.69) is 24.1 Å². The van der Waals surface area contributed by atoms with Crippen LogP contribution in [0.4, 0.5) is 0 Å². The molecule has 0 radical (unpaired) electrons. The molecule has 0 aliphatic rings. The molecule has 1 heterocycles. The van der Waals surface area contributed by atoms with E-state index in [0.29, 0.717) is 23.2 Å². The van der Waals surface area contributed by atoms with Crippen molar-refractivity contribution in [2.45, 2.75) is 90.1 Å². The number of allylic oxidation sites excluding steroid dienone is 1.